The maximum absolute atomic E-state index is 15.5. The first-order valence-electron chi connectivity index (χ1n) is 12.4. The third kappa shape index (κ3) is 4.45. The van der Waals surface area contributed by atoms with E-state index in [0.717, 1.165) is 24.3 Å². The largest absolute Gasteiger partial charge is 0.490 e. The van der Waals surface area contributed by atoms with Crippen LogP contribution in [-0.4, -0.2) is 45.8 Å². The monoisotopic (exact) mass is 609 g/mol. The quantitative estimate of drug-likeness (QED) is 0.491. The molecule has 2 N–H and O–H groups in total. The Morgan fingerprint density at radius 1 is 1.10 bits per heavy atom. The molecule has 2 aliphatic heterocycles. The number of hydrogen-bond donors (Lipinski definition) is 2. The lowest BCUT2D eigenvalue weighted by atomic mass is 9.64. The molecule has 5 rings (SSSR count). The Kier molecular flexibility index (Phi) is 6.94. The summed E-state index contributed by atoms with van der Waals surface area (Å²) in [5.74, 6) is -5.90. The van der Waals surface area contributed by atoms with Crippen molar-refractivity contribution in [2.45, 2.75) is 59.2 Å². The normalized spacial score (nSPS) is 29.4. The number of nitrogens with one attached hydrogen (secondary N) is 1. The van der Waals surface area contributed by atoms with Crippen LogP contribution in [0.3, 0.4) is 0 Å². The smallest absolute Gasteiger partial charge is 0.416 e. The standard InChI is InChI=1S/C25H24F5NO7S2/c26-18-6-7-19(27)23-22(18)24(39(34,35)14-3-1-13(2-4-14)25(28,29)30)10-9-20-16(17(24)12-38-23)11-15(5-8-21(32)33)40(36,37)31-20/h1-4,6-7,15-17,20,31H,5,8-12H2,(H,32,33)/t15-,16+,17+,20-,24+/m1/s1. The highest BCUT2D eigenvalue weighted by molar-refractivity contribution is 7.92. The molecule has 218 valence electrons. The van der Waals surface area contributed by atoms with Crippen molar-refractivity contribution in [1.29, 1.82) is 0 Å². The van der Waals surface area contributed by atoms with Gasteiger partial charge in [-0.3, -0.25) is 4.79 Å². The minimum Gasteiger partial charge on any atom is -0.490 e. The minimum absolute atomic E-state index is 0.110. The van der Waals surface area contributed by atoms with Gasteiger partial charge in [0.1, 0.15) is 10.6 Å². The third-order valence-corrected chi connectivity index (χ3v) is 12.8. The summed E-state index contributed by atoms with van der Waals surface area (Å²) in [6.07, 6.45) is -6.13. The van der Waals surface area contributed by atoms with Gasteiger partial charge in [-0.1, -0.05) is 0 Å². The van der Waals surface area contributed by atoms with Crippen molar-refractivity contribution in [1.82, 2.24) is 4.72 Å². The van der Waals surface area contributed by atoms with Crippen LogP contribution in [0.5, 0.6) is 5.75 Å². The number of hydrogen-bond acceptors (Lipinski definition) is 6. The van der Waals surface area contributed by atoms with Gasteiger partial charge in [0.15, 0.2) is 21.4 Å². The predicted octanol–water partition coefficient (Wildman–Crippen LogP) is 4.00. The van der Waals surface area contributed by atoms with Gasteiger partial charge in [-0.25, -0.2) is 30.3 Å². The molecule has 2 aromatic rings. The summed E-state index contributed by atoms with van der Waals surface area (Å²) in [5.41, 5.74) is -1.69. The molecule has 1 saturated heterocycles. The SMILES string of the molecule is O=C(O)CC[C@@H]1C[C@@H]2[C@@H](CC[C@@]3(S(=O)(=O)c4ccc(C(F)(F)F)cc4)c4c(F)ccc(F)c4OC[C@@H]23)NS1(=O)=O. The molecule has 2 fully saturated rings. The summed E-state index contributed by atoms with van der Waals surface area (Å²) in [6.45, 7) is -0.443. The fraction of sp³-hybridized carbons (Fsp3) is 0.480. The number of sulfonamides is 1. The van der Waals surface area contributed by atoms with E-state index in [4.69, 9.17) is 9.84 Å². The number of rotatable bonds is 5. The van der Waals surface area contributed by atoms with Gasteiger partial charge >= 0.3 is 12.1 Å². The van der Waals surface area contributed by atoms with Gasteiger partial charge in [-0.05, 0) is 68.0 Å². The molecule has 0 aromatic heterocycles. The van der Waals surface area contributed by atoms with Gasteiger partial charge in [-0.15, -0.1) is 0 Å². The fourth-order valence-corrected chi connectivity index (χ4v) is 10.7. The Morgan fingerprint density at radius 3 is 2.38 bits per heavy atom. The molecule has 3 aliphatic rings. The van der Waals surface area contributed by atoms with Gasteiger partial charge in [0.05, 0.1) is 27.9 Å². The van der Waals surface area contributed by atoms with Crippen LogP contribution in [0.2, 0.25) is 0 Å². The Bertz CT molecular complexity index is 1560. The van der Waals surface area contributed by atoms with Crippen LogP contribution in [-0.2, 0) is 35.6 Å². The number of alkyl halides is 3. The Hall–Kier alpha value is -2.78. The molecule has 1 saturated carbocycles. The van der Waals surface area contributed by atoms with E-state index in [1.54, 1.807) is 0 Å². The molecule has 0 bridgehead atoms. The maximum atomic E-state index is 15.5. The summed E-state index contributed by atoms with van der Waals surface area (Å²) in [5, 5.41) is 7.88. The Balaban J connectivity index is 1.67. The number of sulfone groups is 1. The second-order valence-electron chi connectivity index (χ2n) is 10.3. The van der Waals surface area contributed by atoms with Crippen LogP contribution in [0.15, 0.2) is 41.3 Å². The lowest BCUT2D eigenvalue weighted by Gasteiger charge is -2.54. The number of aliphatic carboxylic acids is 1. The van der Waals surface area contributed by atoms with Gasteiger partial charge in [-0.2, -0.15) is 13.2 Å². The van der Waals surface area contributed by atoms with E-state index in [0.29, 0.717) is 12.1 Å². The molecule has 2 aromatic carbocycles. The number of carboxylic acid groups (broad SMARTS) is 1. The number of benzene rings is 2. The van der Waals surface area contributed by atoms with Gasteiger partial charge in [0.25, 0.3) is 0 Å². The lowest BCUT2D eigenvalue weighted by Crippen LogP contribution is -2.63. The zero-order valence-corrected chi connectivity index (χ0v) is 22.3. The lowest BCUT2D eigenvalue weighted by molar-refractivity contribution is -0.138. The molecule has 2 heterocycles. The van der Waals surface area contributed by atoms with Crippen LogP contribution in [0.1, 0.15) is 43.2 Å². The first kappa shape index (κ1) is 28.7. The van der Waals surface area contributed by atoms with Gasteiger partial charge < -0.3 is 9.84 Å². The second kappa shape index (κ2) is 9.65. The van der Waals surface area contributed by atoms with E-state index >= 15 is 4.39 Å². The molecule has 8 nitrogen and oxygen atoms in total. The summed E-state index contributed by atoms with van der Waals surface area (Å²) < 4.78 is 130. The molecular weight excluding hydrogens is 585 g/mol. The summed E-state index contributed by atoms with van der Waals surface area (Å²) in [6, 6.07) is 3.42. The van der Waals surface area contributed by atoms with E-state index in [9.17, 15) is 39.2 Å². The van der Waals surface area contributed by atoms with Crippen molar-refractivity contribution in [3.8, 4) is 5.75 Å². The summed E-state index contributed by atoms with van der Waals surface area (Å²) >= 11 is 0. The highest BCUT2D eigenvalue weighted by Gasteiger charge is 2.64. The van der Waals surface area contributed by atoms with Crippen LogP contribution in [0, 0.1) is 23.5 Å². The highest BCUT2D eigenvalue weighted by Crippen LogP contribution is 2.59. The van der Waals surface area contributed by atoms with Crippen molar-refractivity contribution in [2.24, 2.45) is 11.8 Å². The molecule has 0 unspecified atom stereocenters. The molecule has 0 radical (unpaired) electrons. The second-order valence-corrected chi connectivity index (χ2v) is 14.5. The van der Waals surface area contributed by atoms with E-state index in [1.807, 2.05) is 0 Å². The highest BCUT2D eigenvalue weighted by atomic mass is 32.2. The molecule has 1 aliphatic carbocycles. The summed E-state index contributed by atoms with van der Waals surface area (Å²) in [4.78, 5) is 10.6. The van der Waals surface area contributed by atoms with Crippen LogP contribution in [0.25, 0.3) is 0 Å². The van der Waals surface area contributed by atoms with E-state index in [-0.39, 0.29) is 25.7 Å². The van der Waals surface area contributed by atoms with Crippen molar-refractivity contribution in [3.63, 3.8) is 0 Å². The average molecular weight is 610 g/mol. The Labute approximate surface area is 226 Å². The Morgan fingerprint density at radius 2 is 1.75 bits per heavy atom. The van der Waals surface area contributed by atoms with E-state index in [2.05, 4.69) is 4.72 Å². The zero-order chi connectivity index (χ0) is 29.3. The van der Waals surface area contributed by atoms with Crippen molar-refractivity contribution in [2.75, 3.05) is 6.61 Å². The molecular formula is C25H24F5NO7S2. The number of ether oxygens (including phenoxy) is 1. The third-order valence-electron chi connectivity index (χ3n) is 8.29. The predicted molar refractivity (Wildman–Crippen MR) is 129 cm³/mol. The zero-order valence-electron chi connectivity index (χ0n) is 20.6. The van der Waals surface area contributed by atoms with Crippen LogP contribution in [0.4, 0.5) is 22.0 Å². The topological polar surface area (TPSA) is 127 Å². The van der Waals surface area contributed by atoms with E-state index < -0.39 is 106 Å². The molecule has 0 amide bonds. The number of carboxylic acids is 1. The number of halogens is 5. The first-order valence-corrected chi connectivity index (χ1v) is 15.4. The minimum atomic E-state index is -4.75. The maximum Gasteiger partial charge on any atom is 0.416 e. The van der Waals surface area contributed by atoms with Crippen molar-refractivity contribution >= 4 is 25.8 Å². The summed E-state index contributed by atoms with van der Waals surface area (Å²) in [7, 11) is -8.72. The average Bonchev–Trinajstić information content (AvgIpc) is 2.87. The number of fused-ring (bicyclic) bond motifs is 5. The molecule has 15 heteroatoms. The van der Waals surface area contributed by atoms with Crippen molar-refractivity contribution < 1.29 is 53.4 Å². The molecule has 0 spiro atoms. The van der Waals surface area contributed by atoms with Crippen molar-refractivity contribution in [3.05, 3.63) is 59.2 Å². The first-order chi connectivity index (χ1) is 18.6. The molecule has 40 heavy (non-hydrogen) atoms. The van der Waals surface area contributed by atoms with Crippen LogP contribution >= 0.6 is 0 Å². The molecule has 5 atom stereocenters. The van der Waals surface area contributed by atoms with Gasteiger partial charge in [0.2, 0.25) is 10.0 Å². The van der Waals surface area contributed by atoms with Gasteiger partial charge in [0, 0.05) is 18.4 Å². The number of carbonyl (C=O) groups is 1. The van der Waals surface area contributed by atoms with Crippen LogP contribution < -0.4 is 9.46 Å². The van der Waals surface area contributed by atoms with E-state index in [1.165, 1.54) is 0 Å². The fourth-order valence-electron chi connectivity index (χ4n) is 6.48.